The third kappa shape index (κ3) is 6.88. The number of nitrogens with zero attached hydrogens (tertiary/aromatic N) is 3. The zero-order valence-corrected chi connectivity index (χ0v) is 34.9. The van der Waals surface area contributed by atoms with E-state index in [2.05, 4.69) is 88.6 Å². The second kappa shape index (κ2) is 14.1. The first-order chi connectivity index (χ1) is 29.2. The van der Waals surface area contributed by atoms with Gasteiger partial charge in [-0.05, 0) is 112 Å². The van der Waals surface area contributed by atoms with Crippen molar-refractivity contribution in [3.8, 4) is 39.7 Å². The van der Waals surface area contributed by atoms with E-state index in [4.69, 9.17) is 0 Å². The molecule has 0 bridgehead atoms. The highest BCUT2D eigenvalue weighted by molar-refractivity contribution is 6.12. The fourth-order valence-electron chi connectivity index (χ4n) is 8.66. The van der Waals surface area contributed by atoms with Crippen molar-refractivity contribution < 1.29 is 26.3 Å². The predicted molar refractivity (Wildman–Crippen MR) is 238 cm³/mol. The molecule has 0 amide bonds. The Kier molecular flexibility index (Phi) is 9.26. The molecule has 0 radical (unpaired) electrons. The quantitative estimate of drug-likeness (QED) is 0.163. The van der Waals surface area contributed by atoms with E-state index in [1.807, 2.05) is 59.2 Å². The van der Waals surface area contributed by atoms with E-state index in [9.17, 15) is 31.6 Å². The Morgan fingerprint density at radius 1 is 0.403 bits per heavy atom. The van der Waals surface area contributed by atoms with Gasteiger partial charge in [-0.25, -0.2) is 0 Å². The van der Waals surface area contributed by atoms with Gasteiger partial charge in [0.25, 0.3) is 0 Å². The van der Waals surface area contributed by atoms with Crippen molar-refractivity contribution in [1.82, 2.24) is 9.13 Å². The van der Waals surface area contributed by atoms with Crippen LogP contribution in [0.3, 0.4) is 0 Å². The molecule has 0 unspecified atom stereocenters. The molecule has 0 saturated carbocycles. The molecule has 310 valence electrons. The van der Waals surface area contributed by atoms with Gasteiger partial charge in [-0.1, -0.05) is 102 Å². The molecule has 3 nitrogen and oxygen atoms in total. The minimum atomic E-state index is -5.03. The van der Waals surface area contributed by atoms with Crippen LogP contribution in [-0.4, -0.2) is 9.13 Å². The molecule has 9 heteroatoms. The van der Waals surface area contributed by atoms with Crippen molar-refractivity contribution >= 4 is 43.6 Å². The van der Waals surface area contributed by atoms with Crippen LogP contribution in [0.2, 0.25) is 0 Å². The second-order valence-electron chi connectivity index (χ2n) is 18.0. The number of aromatic nitrogens is 2. The van der Waals surface area contributed by atoms with Crippen LogP contribution in [0, 0.1) is 11.3 Å². The Labute approximate surface area is 355 Å². The molecule has 62 heavy (non-hydrogen) atoms. The third-order valence-corrected chi connectivity index (χ3v) is 11.9. The van der Waals surface area contributed by atoms with E-state index in [0.29, 0.717) is 22.4 Å². The minimum absolute atomic E-state index is 0.121. The fraction of sp³-hybridized carbons (Fsp3) is 0.189. The molecule has 0 aliphatic heterocycles. The zero-order chi connectivity index (χ0) is 44.1. The SMILES string of the molecule is CC(C)(C)c1ccc2c(c1)c1ccccc1n2-c1ccc(C#N)cc1-c1ccc(-c2cc(C(F)(F)F)cc(C(F)(F)F)c2)cc1-n1c2ccccc2c2cc(C(C)(C)C)ccc21. The maximum atomic E-state index is 14.3. The first-order valence-electron chi connectivity index (χ1n) is 20.3. The molecule has 7 aromatic carbocycles. The van der Waals surface area contributed by atoms with Crippen LogP contribution in [-0.2, 0) is 23.2 Å². The standard InChI is InChI=1S/C53H41F6N3/c1-50(2,3)34-17-21-47-42(28-34)38-11-7-9-13-44(38)61(47)46-20-15-31(30-60)23-41(46)40-19-16-32(33-24-36(52(54,55)56)27-37(25-33)53(57,58)59)26-49(40)62-45-14-10-8-12-39(45)43-29-35(51(4,5)6)18-22-48(43)62/h7-29H,1-6H3. The second-order valence-corrected chi connectivity index (χ2v) is 18.0. The lowest BCUT2D eigenvalue weighted by Gasteiger charge is -2.21. The molecule has 2 aromatic heterocycles. The number of halogens is 6. The molecule has 0 aliphatic rings. The number of rotatable bonds is 4. The van der Waals surface area contributed by atoms with Crippen molar-refractivity contribution in [1.29, 1.82) is 5.26 Å². The van der Waals surface area contributed by atoms with Crippen LogP contribution in [0.25, 0.3) is 77.2 Å². The lowest BCUT2D eigenvalue weighted by molar-refractivity contribution is -0.143. The van der Waals surface area contributed by atoms with Crippen LogP contribution in [0.15, 0.2) is 140 Å². The Hall–Kier alpha value is -6.79. The minimum Gasteiger partial charge on any atom is -0.309 e. The highest BCUT2D eigenvalue weighted by atomic mass is 19.4. The number of alkyl halides is 6. The largest absolute Gasteiger partial charge is 0.416 e. The molecular weight excluding hydrogens is 793 g/mol. The van der Waals surface area contributed by atoms with Gasteiger partial charge in [0.2, 0.25) is 0 Å². The number of fused-ring (bicyclic) bond motifs is 6. The van der Waals surface area contributed by atoms with Crippen molar-refractivity contribution in [2.75, 3.05) is 0 Å². The molecule has 2 heterocycles. The van der Waals surface area contributed by atoms with Crippen LogP contribution >= 0.6 is 0 Å². The van der Waals surface area contributed by atoms with E-state index in [1.165, 1.54) is 0 Å². The van der Waals surface area contributed by atoms with Crippen LogP contribution in [0.5, 0.6) is 0 Å². The van der Waals surface area contributed by atoms with Crippen molar-refractivity contribution in [3.63, 3.8) is 0 Å². The van der Waals surface area contributed by atoms with Crippen LogP contribution < -0.4 is 0 Å². The third-order valence-electron chi connectivity index (χ3n) is 11.9. The van der Waals surface area contributed by atoms with Gasteiger partial charge in [0.05, 0.1) is 56.2 Å². The van der Waals surface area contributed by atoms with E-state index in [-0.39, 0.29) is 28.0 Å². The molecule has 0 saturated heterocycles. The molecule has 9 aromatic rings. The van der Waals surface area contributed by atoms with Crippen molar-refractivity contribution in [3.05, 3.63) is 167 Å². The van der Waals surface area contributed by atoms with Gasteiger partial charge in [0.15, 0.2) is 0 Å². The van der Waals surface area contributed by atoms with Gasteiger partial charge in [-0.2, -0.15) is 31.6 Å². The lowest BCUT2D eigenvalue weighted by atomic mass is 9.86. The Balaban J connectivity index is 1.41. The van der Waals surface area contributed by atoms with E-state index in [0.717, 1.165) is 72.6 Å². The van der Waals surface area contributed by atoms with E-state index >= 15 is 0 Å². The molecular formula is C53H41F6N3. The fourth-order valence-corrected chi connectivity index (χ4v) is 8.66. The smallest absolute Gasteiger partial charge is 0.309 e. The normalized spacial score (nSPS) is 12.8. The molecule has 9 rings (SSSR count). The predicted octanol–water partition coefficient (Wildman–Crippen LogP) is 15.7. The topological polar surface area (TPSA) is 33.6 Å². The molecule has 0 N–H and O–H groups in total. The summed E-state index contributed by atoms with van der Waals surface area (Å²) in [6.07, 6.45) is -10.1. The maximum Gasteiger partial charge on any atom is 0.416 e. The van der Waals surface area contributed by atoms with Crippen molar-refractivity contribution in [2.45, 2.75) is 64.7 Å². The number of nitriles is 1. The van der Waals surface area contributed by atoms with Crippen molar-refractivity contribution in [2.24, 2.45) is 0 Å². The molecule has 0 aliphatic carbocycles. The molecule has 0 spiro atoms. The first kappa shape index (κ1) is 40.6. The molecule has 0 atom stereocenters. The zero-order valence-electron chi connectivity index (χ0n) is 34.9. The summed E-state index contributed by atoms with van der Waals surface area (Å²) < 4.78 is 89.7. The summed E-state index contributed by atoms with van der Waals surface area (Å²) in [4.78, 5) is 0. The molecule has 0 fully saturated rings. The Morgan fingerprint density at radius 2 is 0.887 bits per heavy atom. The van der Waals surface area contributed by atoms with Crippen LogP contribution in [0.1, 0.15) is 69.4 Å². The average molecular weight is 834 g/mol. The van der Waals surface area contributed by atoms with Gasteiger partial charge in [-0.15, -0.1) is 0 Å². The highest BCUT2D eigenvalue weighted by Gasteiger charge is 2.37. The number of para-hydroxylation sites is 2. The summed E-state index contributed by atoms with van der Waals surface area (Å²) in [6.45, 7) is 12.9. The maximum absolute atomic E-state index is 14.3. The summed E-state index contributed by atoms with van der Waals surface area (Å²) in [6, 6.07) is 43.0. The summed E-state index contributed by atoms with van der Waals surface area (Å²) in [7, 11) is 0. The summed E-state index contributed by atoms with van der Waals surface area (Å²) >= 11 is 0. The number of benzene rings is 7. The van der Waals surface area contributed by atoms with E-state index < -0.39 is 23.5 Å². The Morgan fingerprint density at radius 3 is 1.37 bits per heavy atom. The average Bonchev–Trinajstić information content (AvgIpc) is 3.74. The van der Waals surface area contributed by atoms with Gasteiger partial charge in [0, 0.05) is 32.7 Å². The van der Waals surface area contributed by atoms with Gasteiger partial charge in [0.1, 0.15) is 0 Å². The lowest BCUT2D eigenvalue weighted by Crippen LogP contribution is -2.11. The Bertz CT molecular complexity index is 3270. The first-order valence-corrected chi connectivity index (χ1v) is 20.3. The van der Waals surface area contributed by atoms with Gasteiger partial charge in [-0.3, -0.25) is 0 Å². The monoisotopic (exact) mass is 833 g/mol. The van der Waals surface area contributed by atoms with E-state index in [1.54, 1.807) is 30.3 Å². The van der Waals surface area contributed by atoms with Gasteiger partial charge < -0.3 is 9.13 Å². The summed E-state index contributed by atoms with van der Waals surface area (Å²) in [5.74, 6) is 0. The number of hydrogen-bond donors (Lipinski definition) is 0. The number of hydrogen-bond acceptors (Lipinski definition) is 1. The van der Waals surface area contributed by atoms with Crippen LogP contribution in [0.4, 0.5) is 26.3 Å². The van der Waals surface area contributed by atoms with Gasteiger partial charge >= 0.3 is 12.4 Å². The highest BCUT2D eigenvalue weighted by Crippen LogP contribution is 2.45. The summed E-state index contributed by atoms with van der Waals surface area (Å²) in [5.41, 5.74) is 5.38. The summed E-state index contributed by atoms with van der Waals surface area (Å²) in [5, 5.41) is 14.3.